The monoisotopic (exact) mass is 211 g/mol. The second-order valence-corrected chi connectivity index (χ2v) is 2.86. The van der Waals surface area contributed by atoms with E-state index in [4.69, 9.17) is 15.9 Å². The van der Waals surface area contributed by atoms with Gasteiger partial charge in [-0.25, -0.2) is 0 Å². The van der Waals surface area contributed by atoms with E-state index in [9.17, 15) is 9.59 Å². The number of hydrogen-bond acceptors (Lipinski definition) is 4. The van der Waals surface area contributed by atoms with Gasteiger partial charge in [0, 0.05) is 5.69 Å². The maximum absolute atomic E-state index is 9.87. The van der Waals surface area contributed by atoms with Crippen LogP contribution >= 0.6 is 0 Å². The van der Waals surface area contributed by atoms with Gasteiger partial charge in [-0.1, -0.05) is 0 Å². The number of aliphatic carboxylic acids is 1. The molecule has 0 spiro atoms. The van der Waals surface area contributed by atoms with Crippen molar-refractivity contribution >= 4 is 17.4 Å². The van der Waals surface area contributed by atoms with Crippen molar-refractivity contribution in [1.29, 1.82) is 0 Å². The fourth-order valence-electron chi connectivity index (χ4n) is 0.687. The average molecular weight is 211 g/mol. The fourth-order valence-corrected chi connectivity index (χ4v) is 0.687. The third-order valence-corrected chi connectivity index (χ3v) is 1.29. The molecule has 0 heterocycles. The molecule has 1 aromatic rings. The molecule has 0 bridgehead atoms. The smallest absolute Gasteiger partial charge is 0.310 e. The summed E-state index contributed by atoms with van der Waals surface area (Å²) in [5.41, 5.74) is 5.98. The number of hydrogen-bond donors (Lipinski definition) is 3. The van der Waals surface area contributed by atoms with Crippen molar-refractivity contribution in [3.63, 3.8) is 0 Å². The maximum atomic E-state index is 9.87. The van der Waals surface area contributed by atoms with Crippen LogP contribution < -0.4 is 5.73 Å². The van der Waals surface area contributed by atoms with Crippen molar-refractivity contribution in [2.75, 3.05) is 5.73 Å². The van der Waals surface area contributed by atoms with Crippen LogP contribution in [-0.4, -0.2) is 22.0 Å². The van der Waals surface area contributed by atoms with Crippen LogP contribution in [0, 0.1) is 0 Å². The lowest BCUT2D eigenvalue weighted by molar-refractivity contribution is -0.139. The molecule has 0 aliphatic rings. The summed E-state index contributed by atoms with van der Waals surface area (Å²) in [7, 11) is 0. The first-order chi connectivity index (χ1) is 6.91. The Labute approximate surface area is 87.1 Å². The highest BCUT2D eigenvalue weighted by molar-refractivity contribution is 5.93. The Morgan fingerprint density at radius 1 is 1.27 bits per heavy atom. The summed E-state index contributed by atoms with van der Waals surface area (Å²) >= 11 is 0. The van der Waals surface area contributed by atoms with Crippen LogP contribution in [0.15, 0.2) is 24.3 Å². The normalized spacial score (nSPS) is 8.60. The number of nitrogens with two attached hydrogens (primary N) is 1. The number of ketones is 1. The molecule has 15 heavy (non-hydrogen) atoms. The molecule has 0 saturated carbocycles. The van der Waals surface area contributed by atoms with Crippen LogP contribution in [0.1, 0.15) is 13.3 Å². The number of aromatic hydroxyl groups is 1. The summed E-state index contributed by atoms with van der Waals surface area (Å²) in [6.45, 7) is 1.24. The molecule has 1 aromatic carbocycles. The van der Waals surface area contributed by atoms with Crippen LogP contribution in [0.2, 0.25) is 0 Å². The van der Waals surface area contributed by atoms with Crippen LogP contribution in [0.3, 0.4) is 0 Å². The summed E-state index contributed by atoms with van der Waals surface area (Å²) in [6.07, 6.45) is -0.361. The van der Waals surface area contributed by atoms with Gasteiger partial charge in [-0.2, -0.15) is 0 Å². The minimum atomic E-state index is -1.06. The lowest BCUT2D eigenvalue weighted by atomic mass is 10.3. The van der Waals surface area contributed by atoms with Gasteiger partial charge < -0.3 is 15.9 Å². The van der Waals surface area contributed by atoms with Gasteiger partial charge in [0.1, 0.15) is 18.0 Å². The minimum absolute atomic E-state index is 0.249. The molecule has 0 aromatic heterocycles. The highest BCUT2D eigenvalue weighted by Gasteiger charge is 1.98. The van der Waals surface area contributed by atoms with E-state index >= 15 is 0 Å². The Hall–Kier alpha value is -2.04. The van der Waals surface area contributed by atoms with Gasteiger partial charge in [0.2, 0.25) is 0 Å². The van der Waals surface area contributed by atoms with Crippen molar-refractivity contribution in [3.8, 4) is 5.75 Å². The van der Waals surface area contributed by atoms with E-state index in [0.717, 1.165) is 0 Å². The number of anilines is 1. The lowest BCUT2D eigenvalue weighted by Crippen LogP contribution is -2.00. The predicted molar refractivity (Wildman–Crippen MR) is 55.5 cm³/mol. The second kappa shape index (κ2) is 6.42. The highest BCUT2D eigenvalue weighted by atomic mass is 16.4. The molecule has 5 nitrogen and oxygen atoms in total. The molecule has 0 unspecified atom stereocenters. The second-order valence-electron chi connectivity index (χ2n) is 2.86. The number of rotatable bonds is 2. The summed E-state index contributed by atoms with van der Waals surface area (Å²) in [5, 5.41) is 16.6. The molecule has 0 fully saturated rings. The number of benzene rings is 1. The van der Waals surface area contributed by atoms with Gasteiger partial charge in [-0.05, 0) is 31.2 Å². The Balaban J connectivity index is 0.000000265. The Morgan fingerprint density at radius 2 is 1.73 bits per heavy atom. The number of carbonyl (C=O) groups excluding carboxylic acids is 1. The van der Waals surface area contributed by atoms with E-state index < -0.39 is 5.97 Å². The summed E-state index contributed by atoms with van der Waals surface area (Å²) in [4.78, 5) is 19.5. The molecule has 0 aliphatic carbocycles. The van der Waals surface area contributed by atoms with E-state index in [2.05, 4.69) is 0 Å². The molecule has 0 aliphatic heterocycles. The largest absolute Gasteiger partial charge is 0.508 e. The number of carboxylic acids is 1. The van der Waals surface area contributed by atoms with Crippen molar-refractivity contribution < 1.29 is 19.8 Å². The Morgan fingerprint density at radius 3 is 1.93 bits per heavy atom. The Bertz CT molecular complexity index is 299. The molecular weight excluding hydrogens is 198 g/mol. The molecule has 82 valence electrons. The molecular formula is C10H13NO4. The van der Waals surface area contributed by atoms with Gasteiger partial charge in [0.25, 0.3) is 0 Å². The molecule has 0 radical (unpaired) electrons. The van der Waals surface area contributed by atoms with E-state index in [1.165, 1.54) is 6.92 Å². The molecule has 4 N–H and O–H groups in total. The first-order valence-corrected chi connectivity index (χ1v) is 4.17. The first-order valence-electron chi connectivity index (χ1n) is 4.17. The standard InChI is InChI=1S/C6H7NO.C4H6O3/c7-5-1-3-6(8)4-2-5;1-3(5)2-4(6)7/h1-4,8H,7H2;2H2,1H3,(H,6,7). The third-order valence-electron chi connectivity index (χ3n) is 1.29. The summed E-state index contributed by atoms with van der Waals surface area (Å²) in [6, 6.07) is 6.40. The quantitative estimate of drug-likeness (QED) is 0.385. The number of nitrogen functional groups attached to an aromatic ring is 1. The summed E-state index contributed by atoms with van der Waals surface area (Å²) in [5.74, 6) is -1.13. The number of phenols is 1. The molecule has 1 rings (SSSR count). The maximum Gasteiger partial charge on any atom is 0.310 e. The van der Waals surface area contributed by atoms with Crippen LogP contribution in [0.4, 0.5) is 5.69 Å². The van der Waals surface area contributed by atoms with Gasteiger partial charge in [-0.3, -0.25) is 9.59 Å². The Kier molecular flexibility index (Phi) is 5.55. The SMILES string of the molecule is CC(=O)CC(=O)O.Nc1ccc(O)cc1. The van der Waals surface area contributed by atoms with Crippen LogP contribution in [-0.2, 0) is 9.59 Å². The molecule has 0 atom stereocenters. The van der Waals surface area contributed by atoms with Crippen LogP contribution in [0.25, 0.3) is 0 Å². The minimum Gasteiger partial charge on any atom is -0.508 e. The average Bonchev–Trinajstić information content (AvgIpc) is 2.09. The van der Waals surface area contributed by atoms with Crippen molar-refractivity contribution in [2.45, 2.75) is 13.3 Å². The lowest BCUT2D eigenvalue weighted by Gasteiger charge is -1.89. The molecule has 0 amide bonds. The van der Waals surface area contributed by atoms with E-state index in [1.54, 1.807) is 24.3 Å². The van der Waals surface area contributed by atoms with E-state index in [0.29, 0.717) is 5.69 Å². The highest BCUT2D eigenvalue weighted by Crippen LogP contribution is 2.09. The van der Waals surface area contributed by atoms with Crippen LogP contribution in [0.5, 0.6) is 5.75 Å². The molecule has 0 saturated heterocycles. The topological polar surface area (TPSA) is 101 Å². The predicted octanol–water partition coefficient (Wildman–Crippen LogP) is 1.02. The zero-order chi connectivity index (χ0) is 11.8. The first kappa shape index (κ1) is 13.0. The zero-order valence-electron chi connectivity index (χ0n) is 8.30. The number of phenolic OH excluding ortho intramolecular Hbond substituents is 1. The third kappa shape index (κ3) is 8.29. The van der Waals surface area contributed by atoms with Gasteiger partial charge in [0.05, 0.1) is 0 Å². The fraction of sp³-hybridized carbons (Fsp3) is 0.200. The zero-order valence-corrected chi connectivity index (χ0v) is 8.30. The molecule has 5 heteroatoms. The number of carbonyl (C=O) groups is 2. The summed E-state index contributed by atoms with van der Waals surface area (Å²) < 4.78 is 0. The van der Waals surface area contributed by atoms with Crippen molar-refractivity contribution in [2.24, 2.45) is 0 Å². The van der Waals surface area contributed by atoms with Crippen molar-refractivity contribution in [3.05, 3.63) is 24.3 Å². The number of Topliss-reactive ketones (excluding diaryl/α,β-unsaturated/α-hetero) is 1. The van der Waals surface area contributed by atoms with Gasteiger partial charge >= 0.3 is 5.97 Å². The number of carboxylic acid groups (broad SMARTS) is 1. The van der Waals surface area contributed by atoms with Crippen molar-refractivity contribution in [1.82, 2.24) is 0 Å². The van der Waals surface area contributed by atoms with E-state index in [-0.39, 0.29) is 18.0 Å². The van der Waals surface area contributed by atoms with Gasteiger partial charge in [-0.15, -0.1) is 0 Å². The van der Waals surface area contributed by atoms with Gasteiger partial charge in [0.15, 0.2) is 0 Å². The van der Waals surface area contributed by atoms with E-state index in [1.807, 2.05) is 0 Å².